The third-order valence-electron chi connectivity index (χ3n) is 3.26. The van der Waals surface area contributed by atoms with Gasteiger partial charge in [-0.1, -0.05) is 27.7 Å². The Kier molecular flexibility index (Phi) is 5.62. The van der Waals surface area contributed by atoms with E-state index in [0.717, 1.165) is 11.8 Å². The van der Waals surface area contributed by atoms with Crippen LogP contribution in [-0.4, -0.2) is 41.6 Å². The Morgan fingerprint density at radius 1 is 1.44 bits per heavy atom. The topological polar surface area (TPSA) is 29.3 Å². The molecule has 2 unspecified atom stereocenters. The molecule has 0 radical (unpaired) electrons. The second-order valence-electron chi connectivity index (χ2n) is 6.05. The first-order valence-corrected chi connectivity index (χ1v) is 7.57. The summed E-state index contributed by atoms with van der Waals surface area (Å²) in [5, 5.41) is 0.822. The van der Waals surface area contributed by atoms with E-state index >= 15 is 0 Å². The van der Waals surface area contributed by atoms with Gasteiger partial charge in [0, 0.05) is 36.7 Å². The summed E-state index contributed by atoms with van der Waals surface area (Å²) in [7, 11) is 0. The predicted octanol–water partition coefficient (Wildman–Crippen LogP) is 2.58. The Balaban J connectivity index is 2.51. The van der Waals surface area contributed by atoms with Crippen molar-refractivity contribution in [1.82, 2.24) is 4.90 Å². The minimum absolute atomic E-state index is 0.385. The summed E-state index contributed by atoms with van der Waals surface area (Å²) >= 11 is 2.13. The number of nitrogens with zero attached hydrogens (tertiary/aromatic N) is 1. The van der Waals surface area contributed by atoms with Crippen molar-refractivity contribution >= 4 is 11.8 Å². The molecule has 2 atom stereocenters. The van der Waals surface area contributed by atoms with Crippen LogP contribution < -0.4 is 5.73 Å². The van der Waals surface area contributed by atoms with Crippen LogP contribution in [0.15, 0.2) is 0 Å². The van der Waals surface area contributed by atoms with Crippen molar-refractivity contribution in [2.45, 2.75) is 51.8 Å². The van der Waals surface area contributed by atoms with Gasteiger partial charge in [0.25, 0.3) is 0 Å². The van der Waals surface area contributed by atoms with Crippen molar-refractivity contribution < 1.29 is 0 Å². The fourth-order valence-corrected chi connectivity index (χ4v) is 3.59. The van der Waals surface area contributed by atoms with Crippen LogP contribution in [0, 0.1) is 5.41 Å². The molecule has 0 saturated carbocycles. The van der Waals surface area contributed by atoms with Gasteiger partial charge in [-0.25, -0.2) is 0 Å². The molecular weight excluding hydrogens is 216 g/mol. The van der Waals surface area contributed by atoms with E-state index in [1.165, 1.54) is 31.7 Å². The third-order valence-corrected chi connectivity index (χ3v) is 4.63. The van der Waals surface area contributed by atoms with Crippen molar-refractivity contribution in [3.05, 3.63) is 0 Å². The highest BCUT2D eigenvalue weighted by Gasteiger charge is 2.27. The maximum absolute atomic E-state index is 5.95. The fourth-order valence-electron chi connectivity index (χ4n) is 2.39. The molecule has 96 valence electrons. The molecule has 1 heterocycles. The van der Waals surface area contributed by atoms with Crippen LogP contribution in [0.4, 0.5) is 0 Å². The molecule has 1 saturated heterocycles. The van der Waals surface area contributed by atoms with Crippen LogP contribution in [0.1, 0.15) is 40.5 Å². The van der Waals surface area contributed by atoms with Crippen molar-refractivity contribution in [3.63, 3.8) is 0 Å². The Labute approximate surface area is 105 Å². The second kappa shape index (κ2) is 6.27. The zero-order valence-electron chi connectivity index (χ0n) is 11.3. The van der Waals surface area contributed by atoms with Crippen LogP contribution in [0.5, 0.6) is 0 Å². The molecule has 0 aromatic rings. The first kappa shape index (κ1) is 14.3. The number of rotatable bonds is 4. The maximum Gasteiger partial charge on any atom is 0.0224 e. The quantitative estimate of drug-likeness (QED) is 0.824. The zero-order chi connectivity index (χ0) is 12.2. The average Bonchev–Trinajstić information content (AvgIpc) is 2.25. The molecule has 1 fully saturated rings. The molecule has 1 rings (SSSR count). The van der Waals surface area contributed by atoms with Gasteiger partial charge in [0.2, 0.25) is 0 Å². The lowest BCUT2D eigenvalue weighted by Gasteiger charge is -2.39. The molecule has 0 aromatic heterocycles. The summed E-state index contributed by atoms with van der Waals surface area (Å²) in [6.07, 6.45) is 2.50. The summed E-state index contributed by atoms with van der Waals surface area (Å²) in [4.78, 5) is 2.62. The lowest BCUT2D eigenvalue weighted by atomic mass is 9.87. The van der Waals surface area contributed by atoms with E-state index in [4.69, 9.17) is 5.73 Å². The van der Waals surface area contributed by atoms with Gasteiger partial charge < -0.3 is 5.73 Å². The van der Waals surface area contributed by atoms with Gasteiger partial charge >= 0.3 is 0 Å². The van der Waals surface area contributed by atoms with E-state index in [0.29, 0.717) is 11.5 Å². The fraction of sp³-hybridized carbons (Fsp3) is 1.00. The molecule has 0 spiro atoms. The van der Waals surface area contributed by atoms with Crippen LogP contribution in [0.2, 0.25) is 0 Å². The smallest absolute Gasteiger partial charge is 0.0224 e. The maximum atomic E-state index is 5.95. The lowest BCUT2D eigenvalue weighted by Crippen LogP contribution is -2.48. The Morgan fingerprint density at radius 2 is 2.12 bits per heavy atom. The van der Waals surface area contributed by atoms with Gasteiger partial charge in [-0.3, -0.25) is 4.90 Å². The average molecular weight is 244 g/mol. The van der Waals surface area contributed by atoms with Crippen LogP contribution in [-0.2, 0) is 0 Å². The summed E-state index contributed by atoms with van der Waals surface area (Å²) in [6, 6.07) is 0.579. The highest BCUT2D eigenvalue weighted by molar-refractivity contribution is 8.00. The number of thioether (sulfide) groups is 1. The zero-order valence-corrected chi connectivity index (χ0v) is 12.1. The molecule has 0 aliphatic carbocycles. The van der Waals surface area contributed by atoms with E-state index in [2.05, 4.69) is 44.4 Å². The summed E-state index contributed by atoms with van der Waals surface area (Å²) in [6.45, 7) is 12.5. The molecule has 1 aliphatic rings. The SMILES string of the molecule is CCC1CN(C(CN)CC(C)(C)C)CCS1. The number of hydrogen-bond donors (Lipinski definition) is 1. The van der Waals surface area contributed by atoms with E-state index < -0.39 is 0 Å². The number of nitrogens with two attached hydrogens (primary N) is 1. The van der Waals surface area contributed by atoms with E-state index in [9.17, 15) is 0 Å². The summed E-state index contributed by atoms with van der Waals surface area (Å²) in [5.41, 5.74) is 6.33. The van der Waals surface area contributed by atoms with Crippen molar-refractivity contribution in [3.8, 4) is 0 Å². The van der Waals surface area contributed by atoms with Gasteiger partial charge in [-0.2, -0.15) is 11.8 Å². The highest BCUT2D eigenvalue weighted by atomic mass is 32.2. The molecule has 3 heteroatoms. The Hall–Kier alpha value is 0.270. The molecule has 16 heavy (non-hydrogen) atoms. The van der Waals surface area contributed by atoms with Crippen LogP contribution in [0.25, 0.3) is 0 Å². The van der Waals surface area contributed by atoms with Crippen molar-refractivity contribution in [1.29, 1.82) is 0 Å². The highest BCUT2D eigenvalue weighted by Crippen LogP contribution is 2.27. The Morgan fingerprint density at radius 3 is 2.62 bits per heavy atom. The van der Waals surface area contributed by atoms with Crippen molar-refractivity contribution in [2.75, 3.05) is 25.4 Å². The first-order chi connectivity index (χ1) is 7.46. The molecular formula is C13H28N2S. The second-order valence-corrected chi connectivity index (χ2v) is 7.46. The molecule has 2 N–H and O–H groups in total. The molecule has 1 aliphatic heterocycles. The van der Waals surface area contributed by atoms with Gasteiger partial charge in [0.05, 0.1) is 0 Å². The van der Waals surface area contributed by atoms with E-state index in [1.54, 1.807) is 0 Å². The van der Waals surface area contributed by atoms with Crippen LogP contribution >= 0.6 is 11.8 Å². The van der Waals surface area contributed by atoms with Gasteiger partial charge in [-0.05, 0) is 18.3 Å². The van der Waals surface area contributed by atoms with Crippen LogP contribution in [0.3, 0.4) is 0 Å². The van der Waals surface area contributed by atoms with Gasteiger partial charge in [0.1, 0.15) is 0 Å². The molecule has 2 nitrogen and oxygen atoms in total. The summed E-state index contributed by atoms with van der Waals surface area (Å²) < 4.78 is 0. The monoisotopic (exact) mass is 244 g/mol. The normalized spacial score (nSPS) is 25.7. The number of hydrogen-bond acceptors (Lipinski definition) is 3. The first-order valence-electron chi connectivity index (χ1n) is 6.52. The van der Waals surface area contributed by atoms with E-state index in [-0.39, 0.29) is 0 Å². The minimum Gasteiger partial charge on any atom is -0.329 e. The van der Waals surface area contributed by atoms with Crippen molar-refractivity contribution in [2.24, 2.45) is 11.1 Å². The lowest BCUT2D eigenvalue weighted by molar-refractivity contribution is 0.156. The van der Waals surface area contributed by atoms with Gasteiger partial charge in [0.15, 0.2) is 0 Å². The largest absolute Gasteiger partial charge is 0.329 e. The summed E-state index contributed by atoms with van der Waals surface area (Å²) in [5.74, 6) is 1.28. The molecule has 0 amide bonds. The predicted molar refractivity (Wildman–Crippen MR) is 75.0 cm³/mol. The molecule has 0 bridgehead atoms. The van der Waals surface area contributed by atoms with Gasteiger partial charge in [-0.15, -0.1) is 0 Å². The standard InChI is InChI=1S/C13H28N2S/c1-5-12-10-15(6-7-16-12)11(9-14)8-13(2,3)4/h11-12H,5-10,14H2,1-4H3. The minimum atomic E-state index is 0.385. The molecule has 0 aromatic carbocycles. The van der Waals surface area contributed by atoms with E-state index in [1.807, 2.05) is 0 Å². The third kappa shape index (κ3) is 4.64. The Bertz CT molecular complexity index is 201.